The topological polar surface area (TPSA) is 51.2 Å². The third kappa shape index (κ3) is 5.23. The quantitative estimate of drug-likeness (QED) is 0.586. The predicted molar refractivity (Wildman–Crippen MR) is 64.4 cm³/mol. The second-order valence-electron chi connectivity index (χ2n) is 3.47. The van der Waals surface area contributed by atoms with E-state index in [9.17, 15) is 4.79 Å². The van der Waals surface area contributed by atoms with E-state index in [1.165, 1.54) is 0 Å². The van der Waals surface area contributed by atoms with Crippen LogP contribution in [0.5, 0.6) is 0 Å². The van der Waals surface area contributed by atoms with Crippen LogP contribution in [0, 0.1) is 6.92 Å². The number of thiazole rings is 1. The van der Waals surface area contributed by atoms with E-state index in [1.54, 1.807) is 11.3 Å². The Kier molecular flexibility index (Phi) is 6.03. The van der Waals surface area contributed by atoms with Gasteiger partial charge in [0.1, 0.15) is 5.01 Å². The van der Waals surface area contributed by atoms with Crippen molar-refractivity contribution in [1.29, 1.82) is 0 Å². The number of hydrogen-bond donors (Lipinski definition) is 1. The van der Waals surface area contributed by atoms with Gasteiger partial charge in [0.2, 0.25) is 0 Å². The van der Waals surface area contributed by atoms with Crippen molar-refractivity contribution in [3.05, 3.63) is 16.1 Å². The molecule has 1 rings (SSSR count). The van der Waals surface area contributed by atoms with Crippen molar-refractivity contribution in [3.8, 4) is 0 Å². The number of hydrogen-bond acceptors (Lipinski definition) is 5. The van der Waals surface area contributed by atoms with Gasteiger partial charge in [-0.2, -0.15) is 0 Å². The van der Waals surface area contributed by atoms with Crippen LogP contribution in [0.15, 0.2) is 5.38 Å². The normalized spacial score (nSPS) is 10.4. The molecule has 0 bridgehead atoms. The number of carbonyl (C=O) groups excluding carboxylic acids is 1. The van der Waals surface area contributed by atoms with E-state index >= 15 is 0 Å². The van der Waals surface area contributed by atoms with Crippen molar-refractivity contribution >= 4 is 17.3 Å². The first-order valence-corrected chi connectivity index (χ1v) is 6.37. The Morgan fingerprint density at radius 2 is 2.44 bits per heavy atom. The van der Waals surface area contributed by atoms with Gasteiger partial charge in [-0.3, -0.25) is 4.79 Å². The molecule has 1 aromatic heterocycles. The minimum absolute atomic E-state index is 0.116. The number of nitrogens with one attached hydrogen (secondary N) is 1. The molecule has 0 aromatic carbocycles. The summed E-state index contributed by atoms with van der Waals surface area (Å²) < 4.78 is 4.83. The number of carbonyl (C=O) groups is 1. The summed E-state index contributed by atoms with van der Waals surface area (Å²) in [5, 5.41) is 6.38. The Balaban J connectivity index is 2.02. The van der Waals surface area contributed by atoms with E-state index < -0.39 is 0 Å². The summed E-state index contributed by atoms with van der Waals surface area (Å²) in [6.07, 6.45) is 1.29. The molecule has 0 unspecified atom stereocenters. The standard InChI is InChI=1S/C11H18N2O2S/c1-3-15-11(14)5-4-6-12-7-10-13-9(2)8-16-10/h8,12H,3-7H2,1-2H3. The molecule has 0 saturated heterocycles. The average molecular weight is 242 g/mol. The molecule has 0 amide bonds. The van der Waals surface area contributed by atoms with E-state index in [2.05, 4.69) is 10.3 Å². The van der Waals surface area contributed by atoms with E-state index in [1.807, 2.05) is 19.2 Å². The molecular formula is C11H18N2O2S. The molecule has 0 aliphatic rings. The zero-order valence-corrected chi connectivity index (χ0v) is 10.6. The lowest BCUT2D eigenvalue weighted by atomic mass is 10.3. The lowest BCUT2D eigenvalue weighted by Gasteiger charge is -2.02. The highest BCUT2D eigenvalue weighted by Crippen LogP contribution is 2.07. The fourth-order valence-electron chi connectivity index (χ4n) is 1.27. The van der Waals surface area contributed by atoms with Gasteiger partial charge >= 0.3 is 5.97 Å². The maximum Gasteiger partial charge on any atom is 0.305 e. The van der Waals surface area contributed by atoms with Crippen LogP contribution in [0.1, 0.15) is 30.5 Å². The van der Waals surface area contributed by atoms with Crippen molar-refractivity contribution in [2.75, 3.05) is 13.2 Å². The summed E-state index contributed by atoms with van der Waals surface area (Å²) in [5.41, 5.74) is 1.06. The zero-order chi connectivity index (χ0) is 11.8. The van der Waals surface area contributed by atoms with E-state index in [0.29, 0.717) is 13.0 Å². The fraction of sp³-hybridized carbons (Fsp3) is 0.636. The van der Waals surface area contributed by atoms with E-state index in [4.69, 9.17) is 4.74 Å². The first-order chi connectivity index (χ1) is 7.72. The molecule has 1 heterocycles. The maximum absolute atomic E-state index is 11.0. The molecule has 0 aliphatic carbocycles. The third-order valence-corrected chi connectivity index (χ3v) is 2.95. The maximum atomic E-state index is 11.0. The number of esters is 1. The predicted octanol–water partition coefficient (Wildman–Crippen LogP) is 1.88. The average Bonchev–Trinajstić information content (AvgIpc) is 2.64. The summed E-state index contributed by atoms with van der Waals surface area (Å²) in [5.74, 6) is -0.116. The molecule has 0 fully saturated rings. The zero-order valence-electron chi connectivity index (χ0n) is 9.78. The molecule has 5 heteroatoms. The minimum Gasteiger partial charge on any atom is -0.466 e. The van der Waals surface area contributed by atoms with Gasteiger partial charge in [-0.1, -0.05) is 0 Å². The van der Waals surface area contributed by atoms with Crippen LogP contribution in [-0.2, 0) is 16.1 Å². The highest BCUT2D eigenvalue weighted by molar-refractivity contribution is 7.09. The van der Waals surface area contributed by atoms with Crippen LogP contribution in [-0.4, -0.2) is 24.1 Å². The van der Waals surface area contributed by atoms with Gasteiger partial charge in [-0.15, -0.1) is 11.3 Å². The molecule has 90 valence electrons. The molecule has 1 N–H and O–H groups in total. The smallest absolute Gasteiger partial charge is 0.305 e. The Bertz CT molecular complexity index is 326. The van der Waals surface area contributed by atoms with Crippen LogP contribution in [0.4, 0.5) is 0 Å². The summed E-state index contributed by atoms with van der Waals surface area (Å²) >= 11 is 1.66. The second kappa shape index (κ2) is 7.35. The number of ether oxygens (including phenoxy) is 1. The fourth-order valence-corrected chi connectivity index (χ4v) is 2.01. The van der Waals surface area contributed by atoms with E-state index in [-0.39, 0.29) is 5.97 Å². The summed E-state index contributed by atoms with van der Waals surface area (Å²) in [6, 6.07) is 0. The molecule has 0 radical (unpaired) electrons. The lowest BCUT2D eigenvalue weighted by molar-refractivity contribution is -0.143. The highest BCUT2D eigenvalue weighted by Gasteiger charge is 2.01. The van der Waals surface area contributed by atoms with Gasteiger partial charge in [0.15, 0.2) is 0 Å². The summed E-state index contributed by atoms with van der Waals surface area (Å²) in [4.78, 5) is 15.4. The molecule has 0 aliphatic heterocycles. The third-order valence-electron chi connectivity index (χ3n) is 1.98. The SMILES string of the molecule is CCOC(=O)CCCNCc1nc(C)cs1. The van der Waals surface area contributed by atoms with Crippen LogP contribution in [0.2, 0.25) is 0 Å². The minimum atomic E-state index is -0.116. The Labute approximate surface area is 100 Å². The number of aryl methyl sites for hydroxylation is 1. The van der Waals surface area contributed by atoms with Crippen molar-refractivity contribution in [1.82, 2.24) is 10.3 Å². The molecule has 16 heavy (non-hydrogen) atoms. The van der Waals surface area contributed by atoms with Gasteiger partial charge < -0.3 is 10.1 Å². The number of rotatable bonds is 7. The van der Waals surface area contributed by atoms with Crippen molar-refractivity contribution in [3.63, 3.8) is 0 Å². The first kappa shape index (κ1) is 13.1. The van der Waals surface area contributed by atoms with Gasteiger partial charge in [0.25, 0.3) is 0 Å². The van der Waals surface area contributed by atoms with Gasteiger partial charge in [-0.25, -0.2) is 4.98 Å². The molecule has 0 spiro atoms. The van der Waals surface area contributed by atoms with Crippen molar-refractivity contribution < 1.29 is 9.53 Å². The molecule has 0 atom stereocenters. The van der Waals surface area contributed by atoms with Crippen LogP contribution < -0.4 is 5.32 Å². The van der Waals surface area contributed by atoms with Crippen molar-refractivity contribution in [2.45, 2.75) is 33.2 Å². The van der Waals surface area contributed by atoms with Gasteiger partial charge in [0.05, 0.1) is 6.61 Å². The lowest BCUT2D eigenvalue weighted by Crippen LogP contribution is -2.16. The van der Waals surface area contributed by atoms with E-state index in [0.717, 1.165) is 30.2 Å². The van der Waals surface area contributed by atoms with Crippen LogP contribution in [0.3, 0.4) is 0 Å². The van der Waals surface area contributed by atoms with Gasteiger partial charge in [-0.05, 0) is 26.8 Å². The summed E-state index contributed by atoms with van der Waals surface area (Å²) in [7, 11) is 0. The Morgan fingerprint density at radius 3 is 3.06 bits per heavy atom. The molecular weight excluding hydrogens is 224 g/mol. The second-order valence-corrected chi connectivity index (χ2v) is 4.41. The first-order valence-electron chi connectivity index (χ1n) is 5.49. The molecule has 1 aromatic rings. The number of nitrogens with zero attached hydrogens (tertiary/aromatic N) is 1. The Morgan fingerprint density at radius 1 is 1.62 bits per heavy atom. The summed E-state index contributed by atoms with van der Waals surface area (Å²) in [6.45, 7) is 5.87. The van der Waals surface area contributed by atoms with Crippen LogP contribution >= 0.6 is 11.3 Å². The Hall–Kier alpha value is -0.940. The molecule has 0 saturated carbocycles. The van der Waals surface area contributed by atoms with Gasteiger partial charge in [0, 0.05) is 24.0 Å². The largest absolute Gasteiger partial charge is 0.466 e. The highest BCUT2D eigenvalue weighted by atomic mass is 32.1. The van der Waals surface area contributed by atoms with Crippen LogP contribution in [0.25, 0.3) is 0 Å². The number of aromatic nitrogens is 1. The monoisotopic (exact) mass is 242 g/mol. The molecule has 4 nitrogen and oxygen atoms in total. The van der Waals surface area contributed by atoms with Crippen molar-refractivity contribution in [2.24, 2.45) is 0 Å².